The van der Waals surface area contributed by atoms with Gasteiger partial charge in [0.15, 0.2) is 11.4 Å². The van der Waals surface area contributed by atoms with E-state index in [2.05, 4.69) is 4.98 Å². The maximum Gasteiger partial charge on any atom is 0.255 e. The molecule has 0 unspecified atom stereocenters. The molecule has 0 aliphatic heterocycles. The SMILES string of the molecule is Cc1nc2c(O)c(CC[C@H](O)c3ccc(F)cc3)c(C(=O)N(C)C)cn2c1C. The van der Waals surface area contributed by atoms with Crippen LogP contribution in [0.1, 0.15) is 45.4 Å². The number of imidazole rings is 1. The lowest BCUT2D eigenvalue weighted by Crippen LogP contribution is -2.24. The molecule has 2 N–H and O–H groups in total. The Hall–Kier alpha value is -2.93. The highest BCUT2D eigenvalue weighted by Gasteiger charge is 2.23. The Morgan fingerprint density at radius 1 is 1.25 bits per heavy atom. The molecule has 0 saturated carbocycles. The number of carbonyl (C=O) groups excluding carboxylic acids is 1. The predicted octanol–water partition coefficient (Wildman–Crippen LogP) is 3.16. The van der Waals surface area contributed by atoms with E-state index in [1.807, 2.05) is 13.8 Å². The van der Waals surface area contributed by atoms with Crippen molar-refractivity contribution in [3.8, 4) is 5.75 Å². The molecule has 3 aromatic rings. The van der Waals surface area contributed by atoms with Crippen LogP contribution in [0.2, 0.25) is 0 Å². The fourth-order valence-corrected chi connectivity index (χ4v) is 3.23. The van der Waals surface area contributed by atoms with Crippen LogP contribution in [-0.4, -0.2) is 44.5 Å². The van der Waals surface area contributed by atoms with Crippen molar-refractivity contribution in [2.24, 2.45) is 0 Å². The number of amides is 1. The van der Waals surface area contributed by atoms with Gasteiger partial charge < -0.3 is 19.5 Å². The number of carbonyl (C=O) groups is 1. The maximum absolute atomic E-state index is 13.1. The van der Waals surface area contributed by atoms with Crippen LogP contribution in [0.4, 0.5) is 4.39 Å². The van der Waals surface area contributed by atoms with Crippen LogP contribution in [-0.2, 0) is 6.42 Å². The van der Waals surface area contributed by atoms with Crippen LogP contribution in [0.25, 0.3) is 5.65 Å². The highest BCUT2D eigenvalue weighted by Crippen LogP contribution is 2.32. The molecule has 0 fully saturated rings. The molecule has 1 amide bonds. The van der Waals surface area contributed by atoms with E-state index in [1.54, 1.807) is 24.7 Å². The third kappa shape index (κ3) is 3.57. The Bertz CT molecular complexity index is 1030. The number of benzene rings is 1. The number of nitrogens with zero attached hydrogens (tertiary/aromatic N) is 3. The van der Waals surface area contributed by atoms with Gasteiger partial charge in [-0.1, -0.05) is 12.1 Å². The zero-order valence-corrected chi connectivity index (χ0v) is 16.4. The first-order chi connectivity index (χ1) is 13.2. The summed E-state index contributed by atoms with van der Waals surface area (Å²) in [6, 6.07) is 5.63. The topological polar surface area (TPSA) is 78.1 Å². The number of fused-ring (bicyclic) bond motifs is 1. The van der Waals surface area contributed by atoms with Crippen LogP contribution >= 0.6 is 0 Å². The van der Waals surface area contributed by atoms with Crippen molar-refractivity contribution in [2.45, 2.75) is 32.8 Å². The number of hydrogen-bond donors (Lipinski definition) is 2. The Morgan fingerprint density at radius 2 is 1.89 bits per heavy atom. The van der Waals surface area contributed by atoms with Crippen molar-refractivity contribution in [1.82, 2.24) is 14.3 Å². The number of aromatic nitrogens is 2. The van der Waals surface area contributed by atoms with E-state index in [0.29, 0.717) is 22.3 Å². The van der Waals surface area contributed by atoms with Gasteiger partial charge >= 0.3 is 0 Å². The molecule has 0 bridgehead atoms. The monoisotopic (exact) mass is 385 g/mol. The highest BCUT2D eigenvalue weighted by atomic mass is 19.1. The molecule has 148 valence electrons. The molecular formula is C21H24FN3O3. The van der Waals surface area contributed by atoms with E-state index in [-0.39, 0.29) is 30.3 Å². The molecular weight excluding hydrogens is 361 g/mol. The molecule has 3 rings (SSSR count). The van der Waals surface area contributed by atoms with Crippen LogP contribution < -0.4 is 0 Å². The average molecular weight is 385 g/mol. The average Bonchev–Trinajstić information content (AvgIpc) is 2.95. The van der Waals surface area contributed by atoms with Gasteiger partial charge in [-0.15, -0.1) is 0 Å². The molecule has 7 heteroatoms. The first-order valence-corrected chi connectivity index (χ1v) is 9.06. The molecule has 0 aliphatic carbocycles. The van der Waals surface area contributed by atoms with Gasteiger partial charge in [0, 0.05) is 31.5 Å². The molecule has 0 radical (unpaired) electrons. The van der Waals surface area contributed by atoms with Crippen molar-refractivity contribution in [1.29, 1.82) is 0 Å². The lowest BCUT2D eigenvalue weighted by Gasteiger charge is -2.18. The highest BCUT2D eigenvalue weighted by molar-refractivity contribution is 5.96. The van der Waals surface area contributed by atoms with Gasteiger partial charge in [-0.05, 0) is 44.4 Å². The van der Waals surface area contributed by atoms with Gasteiger partial charge in [0.05, 0.1) is 17.4 Å². The second-order valence-corrected chi connectivity index (χ2v) is 7.15. The first-order valence-electron chi connectivity index (χ1n) is 9.06. The minimum Gasteiger partial charge on any atom is -0.504 e. The van der Waals surface area contributed by atoms with Gasteiger partial charge in [-0.2, -0.15) is 0 Å². The zero-order valence-electron chi connectivity index (χ0n) is 16.4. The number of aliphatic hydroxyl groups excluding tert-OH is 1. The summed E-state index contributed by atoms with van der Waals surface area (Å²) in [7, 11) is 3.29. The molecule has 6 nitrogen and oxygen atoms in total. The Balaban J connectivity index is 2.00. The van der Waals surface area contributed by atoms with Gasteiger partial charge in [0.1, 0.15) is 5.82 Å². The molecule has 1 aromatic carbocycles. The number of hydrogen-bond acceptors (Lipinski definition) is 4. The predicted molar refractivity (Wildman–Crippen MR) is 104 cm³/mol. The van der Waals surface area contributed by atoms with Crippen molar-refractivity contribution in [3.05, 3.63) is 64.4 Å². The Labute approximate surface area is 162 Å². The number of aliphatic hydroxyl groups is 1. The standard InChI is InChI=1S/C21H24FN3O3/c1-12-13(2)25-11-17(21(28)24(3)4)16(19(27)20(25)23-12)9-10-18(26)14-5-7-15(22)8-6-14/h5-8,11,18,26-27H,9-10H2,1-4H3/t18-/m0/s1. The number of aromatic hydroxyl groups is 1. The lowest BCUT2D eigenvalue weighted by molar-refractivity contribution is 0.0824. The number of pyridine rings is 1. The fourth-order valence-electron chi connectivity index (χ4n) is 3.23. The molecule has 2 heterocycles. The lowest BCUT2D eigenvalue weighted by atomic mass is 9.98. The molecule has 0 saturated heterocycles. The van der Waals surface area contributed by atoms with Crippen molar-refractivity contribution in [2.75, 3.05) is 14.1 Å². The summed E-state index contributed by atoms with van der Waals surface area (Å²) in [4.78, 5) is 18.5. The van der Waals surface area contributed by atoms with Crippen molar-refractivity contribution < 1.29 is 19.4 Å². The summed E-state index contributed by atoms with van der Waals surface area (Å²) in [5.41, 5.74) is 3.38. The number of aryl methyl sites for hydroxylation is 2. The quantitative estimate of drug-likeness (QED) is 0.707. The van der Waals surface area contributed by atoms with E-state index < -0.39 is 6.10 Å². The van der Waals surface area contributed by atoms with Gasteiger partial charge in [-0.3, -0.25) is 4.79 Å². The maximum atomic E-state index is 13.1. The summed E-state index contributed by atoms with van der Waals surface area (Å²) in [6.45, 7) is 3.71. The van der Waals surface area contributed by atoms with Gasteiger partial charge in [-0.25, -0.2) is 9.37 Å². The first kappa shape index (κ1) is 19.8. The van der Waals surface area contributed by atoms with Crippen LogP contribution in [0.3, 0.4) is 0 Å². The molecule has 0 aliphatic rings. The van der Waals surface area contributed by atoms with Gasteiger partial charge in [0.25, 0.3) is 5.91 Å². The Kier molecular flexibility index (Phi) is 5.38. The second-order valence-electron chi connectivity index (χ2n) is 7.15. The van der Waals surface area contributed by atoms with Crippen LogP contribution in [0.15, 0.2) is 30.5 Å². The Morgan fingerprint density at radius 3 is 2.50 bits per heavy atom. The number of rotatable bonds is 5. The normalized spacial score (nSPS) is 12.4. The molecule has 1 atom stereocenters. The van der Waals surface area contributed by atoms with Crippen molar-refractivity contribution >= 4 is 11.6 Å². The molecule has 28 heavy (non-hydrogen) atoms. The molecule has 0 spiro atoms. The van der Waals surface area contributed by atoms with Crippen molar-refractivity contribution in [3.63, 3.8) is 0 Å². The fraction of sp³-hybridized carbons (Fsp3) is 0.333. The number of halogens is 1. The summed E-state index contributed by atoms with van der Waals surface area (Å²) in [6.07, 6.45) is 1.37. The largest absolute Gasteiger partial charge is 0.504 e. The molecule has 2 aromatic heterocycles. The van der Waals surface area contributed by atoms with E-state index >= 15 is 0 Å². The summed E-state index contributed by atoms with van der Waals surface area (Å²) in [5, 5.41) is 21.3. The second kappa shape index (κ2) is 7.59. The van der Waals surface area contributed by atoms with Crippen LogP contribution in [0, 0.1) is 19.7 Å². The van der Waals surface area contributed by atoms with E-state index in [1.165, 1.54) is 29.2 Å². The van der Waals surface area contributed by atoms with E-state index in [9.17, 15) is 19.4 Å². The zero-order chi connectivity index (χ0) is 20.6. The minimum atomic E-state index is -0.846. The van der Waals surface area contributed by atoms with E-state index in [4.69, 9.17) is 0 Å². The summed E-state index contributed by atoms with van der Waals surface area (Å²) in [5.74, 6) is -0.674. The third-order valence-electron chi connectivity index (χ3n) is 5.03. The van der Waals surface area contributed by atoms with Crippen LogP contribution in [0.5, 0.6) is 5.75 Å². The smallest absolute Gasteiger partial charge is 0.255 e. The van der Waals surface area contributed by atoms with E-state index in [0.717, 1.165) is 11.4 Å². The minimum absolute atomic E-state index is 0.0600. The summed E-state index contributed by atoms with van der Waals surface area (Å²) < 4.78 is 14.8. The summed E-state index contributed by atoms with van der Waals surface area (Å²) >= 11 is 0. The third-order valence-corrected chi connectivity index (χ3v) is 5.03. The van der Waals surface area contributed by atoms with Gasteiger partial charge in [0.2, 0.25) is 0 Å².